The molecule has 3 nitrogen and oxygen atoms in total. The zero-order valence-electron chi connectivity index (χ0n) is 15.8. The molecule has 1 atom stereocenters. The molecule has 3 fully saturated rings. The van der Waals surface area contributed by atoms with Crippen molar-refractivity contribution in [2.45, 2.75) is 63.6 Å². The Labute approximate surface area is 157 Å². The van der Waals surface area contributed by atoms with Crippen LogP contribution in [0.25, 0.3) is 0 Å². The molecular weight excluding hydrogens is 355 g/mol. The number of halogens is 3. The zero-order valence-corrected chi connectivity index (χ0v) is 15.8. The van der Waals surface area contributed by atoms with Crippen molar-refractivity contribution in [2.75, 3.05) is 13.1 Å². The van der Waals surface area contributed by atoms with Crippen LogP contribution in [0.4, 0.5) is 13.2 Å². The van der Waals surface area contributed by atoms with Crippen LogP contribution in [0.3, 0.4) is 0 Å². The van der Waals surface area contributed by atoms with E-state index in [1.54, 1.807) is 13.8 Å². The summed E-state index contributed by atoms with van der Waals surface area (Å²) < 4.78 is 39.3. The predicted molar refractivity (Wildman–Crippen MR) is 95.1 cm³/mol. The monoisotopic (exact) mass is 381 g/mol. The van der Waals surface area contributed by atoms with Crippen molar-refractivity contribution in [1.82, 2.24) is 4.90 Å². The molecule has 148 valence electrons. The number of benzene rings is 1. The van der Waals surface area contributed by atoms with Crippen LogP contribution in [-0.2, 0) is 11.0 Å². The van der Waals surface area contributed by atoms with E-state index in [4.69, 9.17) is 0 Å². The van der Waals surface area contributed by atoms with E-state index >= 15 is 0 Å². The Bertz CT molecular complexity index is 757. The zero-order chi connectivity index (χ0) is 19.6. The molecule has 0 aromatic heterocycles. The van der Waals surface area contributed by atoms with Gasteiger partial charge in [-0.1, -0.05) is 11.6 Å². The third kappa shape index (κ3) is 3.48. The number of carbonyl (C=O) groups excluding carboxylic acids is 1. The predicted octanol–water partition coefficient (Wildman–Crippen LogP) is 4.27. The number of aryl methyl sites for hydroxylation is 1. The second kappa shape index (κ2) is 5.97. The van der Waals surface area contributed by atoms with Gasteiger partial charge in [0.1, 0.15) is 0 Å². The summed E-state index contributed by atoms with van der Waals surface area (Å²) in [7, 11) is 0. The van der Waals surface area contributed by atoms with E-state index in [2.05, 4.69) is 0 Å². The summed E-state index contributed by atoms with van der Waals surface area (Å²) in [6, 6.07) is 4.37. The van der Waals surface area contributed by atoms with Crippen molar-refractivity contribution in [3.63, 3.8) is 0 Å². The summed E-state index contributed by atoms with van der Waals surface area (Å²) in [5, 5.41) is 9.82. The van der Waals surface area contributed by atoms with E-state index in [0.29, 0.717) is 31.5 Å². The number of hydrogen-bond donors (Lipinski definition) is 1. The third-order valence-corrected chi connectivity index (χ3v) is 6.69. The highest BCUT2D eigenvalue weighted by Gasteiger charge is 2.53. The standard InChI is InChI=1S/C21H26F3NO2/c1-13-5-15(7-17(6-13)21(22,23)24)14-3-4-20(10-14)11-25(12-20)18(26)16-8-19(2,27)9-16/h5-7,14,16,27H,3-4,8-12H2,1-2H3/t14-,16?,19?/m1/s1. The quantitative estimate of drug-likeness (QED) is 0.831. The van der Waals surface area contributed by atoms with Crippen LogP contribution in [0.1, 0.15) is 61.6 Å². The molecule has 3 aliphatic rings. The van der Waals surface area contributed by atoms with Crippen LogP contribution in [0, 0.1) is 18.3 Å². The van der Waals surface area contributed by atoms with Gasteiger partial charge in [0.05, 0.1) is 11.2 Å². The molecular formula is C21H26F3NO2. The van der Waals surface area contributed by atoms with Gasteiger partial charge in [0, 0.05) is 24.4 Å². The van der Waals surface area contributed by atoms with Crippen LogP contribution in [0.2, 0.25) is 0 Å². The minimum Gasteiger partial charge on any atom is -0.390 e. The van der Waals surface area contributed by atoms with E-state index in [1.165, 1.54) is 12.1 Å². The first kappa shape index (κ1) is 18.8. The highest BCUT2D eigenvalue weighted by Crippen LogP contribution is 2.53. The molecule has 1 aromatic carbocycles. The highest BCUT2D eigenvalue weighted by molar-refractivity contribution is 5.81. The maximum atomic E-state index is 13.1. The van der Waals surface area contributed by atoms with Crippen LogP contribution < -0.4 is 0 Å². The van der Waals surface area contributed by atoms with Crippen LogP contribution >= 0.6 is 0 Å². The molecule has 0 unspecified atom stereocenters. The molecule has 4 rings (SSSR count). The molecule has 27 heavy (non-hydrogen) atoms. The number of rotatable bonds is 2. The summed E-state index contributed by atoms with van der Waals surface area (Å²) in [6.45, 7) is 4.88. The Balaban J connectivity index is 1.39. The molecule has 1 aromatic rings. The number of carbonyl (C=O) groups is 1. The first-order valence-corrected chi connectivity index (χ1v) is 9.66. The van der Waals surface area contributed by atoms with E-state index < -0.39 is 17.3 Å². The number of amides is 1. The van der Waals surface area contributed by atoms with E-state index in [0.717, 1.165) is 24.8 Å². The lowest BCUT2D eigenvalue weighted by molar-refractivity contribution is -0.161. The lowest BCUT2D eigenvalue weighted by atomic mass is 9.69. The molecule has 1 aliphatic heterocycles. The molecule has 0 radical (unpaired) electrons. The maximum absolute atomic E-state index is 13.1. The van der Waals surface area contributed by atoms with Gasteiger partial charge < -0.3 is 10.0 Å². The molecule has 1 heterocycles. The average molecular weight is 381 g/mol. The topological polar surface area (TPSA) is 40.5 Å². The Morgan fingerprint density at radius 3 is 2.44 bits per heavy atom. The largest absolute Gasteiger partial charge is 0.416 e. The van der Waals surface area contributed by atoms with Crippen molar-refractivity contribution in [3.05, 3.63) is 34.9 Å². The molecule has 0 bridgehead atoms. The first-order chi connectivity index (χ1) is 12.5. The smallest absolute Gasteiger partial charge is 0.390 e. The van der Waals surface area contributed by atoms with Gasteiger partial charge >= 0.3 is 6.18 Å². The Kier molecular flexibility index (Phi) is 4.15. The lowest BCUT2D eigenvalue weighted by Gasteiger charge is -2.52. The minimum atomic E-state index is -4.32. The molecule has 2 saturated carbocycles. The number of aliphatic hydroxyl groups is 1. The lowest BCUT2D eigenvalue weighted by Crippen LogP contribution is -2.61. The fourth-order valence-electron chi connectivity index (χ4n) is 5.35. The van der Waals surface area contributed by atoms with Crippen molar-refractivity contribution in [3.8, 4) is 0 Å². The van der Waals surface area contributed by atoms with Crippen LogP contribution in [0.15, 0.2) is 18.2 Å². The summed E-state index contributed by atoms with van der Waals surface area (Å²) in [6.07, 6.45) is -0.580. The van der Waals surface area contributed by atoms with Gasteiger partial charge in [-0.05, 0) is 69.6 Å². The van der Waals surface area contributed by atoms with Crippen molar-refractivity contribution in [2.24, 2.45) is 11.3 Å². The maximum Gasteiger partial charge on any atom is 0.416 e. The third-order valence-electron chi connectivity index (χ3n) is 6.69. The first-order valence-electron chi connectivity index (χ1n) is 9.66. The van der Waals surface area contributed by atoms with Gasteiger partial charge in [0.2, 0.25) is 5.91 Å². The summed E-state index contributed by atoms with van der Waals surface area (Å²) in [5.74, 6) is 0.193. The fraction of sp³-hybridized carbons (Fsp3) is 0.667. The number of alkyl halides is 3. The van der Waals surface area contributed by atoms with E-state index in [9.17, 15) is 23.1 Å². The number of likely N-dealkylation sites (tertiary alicyclic amines) is 1. The average Bonchev–Trinajstić information content (AvgIpc) is 2.94. The second-order valence-electron chi connectivity index (χ2n) is 9.37. The Morgan fingerprint density at radius 1 is 1.19 bits per heavy atom. The fourth-order valence-corrected chi connectivity index (χ4v) is 5.35. The van der Waals surface area contributed by atoms with Gasteiger partial charge in [-0.25, -0.2) is 0 Å². The second-order valence-corrected chi connectivity index (χ2v) is 9.37. The van der Waals surface area contributed by atoms with Crippen molar-refractivity contribution < 1.29 is 23.1 Å². The van der Waals surface area contributed by atoms with Gasteiger partial charge in [-0.2, -0.15) is 13.2 Å². The van der Waals surface area contributed by atoms with Gasteiger partial charge in [0.25, 0.3) is 0 Å². The van der Waals surface area contributed by atoms with Gasteiger partial charge in [-0.3, -0.25) is 4.79 Å². The summed E-state index contributed by atoms with van der Waals surface area (Å²) in [5.41, 5.74) is 0.209. The molecule has 1 spiro atoms. The van der Waals surface area contributed by atoms with Gasteiger partial charge in [0.15, 0.2) is 0 Å². The summed E-state index contributed by atoms with van der Waals surface area (Å²) in [4.78, 5) is 14.4. The number of nitrogens with zero attached hydrogens (tertiary/aromatic N) is 1. The van der Waals surface area contributed by atoms with Crippen molar-refractivity contribution in [1.29, 1.82) is 0 Å². The molecule has 1 saturated heterocycles. The SMILES string of the molecule is Cc1cc([C@@H]2CCC3(C2)CN(C(=O)C2CC(C)(O)C2)C3)cc(C(F)(F)F)c1. The Morgan fingerprint density at radius 2 is 1.85 bits per heavy atom. The molecule has 6 heteroatoms. The summed E-state index contributed by atoms with van der Waals surface area (Å²) >= 11 is 0. The highest BCUT2D eigenvalue weighted by atomic mass is 19.4. The molecule has 1 N–H and O–H groups in total. The number of hydrogen-bond acceptors (Lipinski definition) is 2. The van der Waals surface area contributed by atoms with Crippen LogP contribution in [-0.4, -0.2) is 34.6 Å². The molecule has 1 amide bonds. The van der Waals surface area contributed by atoms with Crippen LogP contribution in [0.5, 0.6) is 0 Å². The minimum absolute atomic E-state index is 0.0642. The van der Waals surface area contributed by atoms with E-state index in [-0.39, 0.29) is 23.2 Å². The molecule has 2 aliphatic carbocycles. The van der Waals surface area contributed by atoms with Crippen molar-refractivity contribution >= 4 is 5.91 Å². The Hall–Kier alpha value is -1.56. The van der Waals surface area contributed by atoms with E-state index in [1.807, 2.05) is 11.0 Å². The van der Waals surface area contributed by atoms with Gasteiger partial charge in [-0.15, -0.1) is 0 Å². The normalized spacial score (nSPS) is 32.3.